The Morgan fingerprint density at radius 1 is 1.50 bits per heavy atom. The number of hydrogen-bond donors (Lipinski definition) is 1. The third-order valence-corrected chi connectivity index (χ3v) is 3.06. The molecule has 1 nitrogen and oxygen atoms in total. The molecule has 0 heterocycles. The summed E-state index contributed by atoms with van der Waals surface area (Å²) in [5, 5.41) is 2.72. The Morgan fingerprint density at radius 3 is 2.88 bits per heavy atom. The van der Waals surface area contributed by atoms with Crippen LogP contribution in [0.5, 0.6) is 0 Å². The molecule has 1 fully saturated rings. The van der Waals surface area contributed by atoms with Crippen molar-refractivity contribution in [1.82, 2.24) is 5.32 Å². The van der Waals surface area contributed by atoms with Gasteiger partial charge in [0.05, 0.1) is 0 Å². The van der Waals surface area contributed by atoms with E-state index in [1.165, 1.54) is 0 Å². The van der Waals surface area contributed by atoms with Crippen molar-refractivity contribution >= 4 is 0 Å². The first-order valence-corrected chi connectivity index (χ1v) is 5.68. The lowest BCUT2D eigenvalue weighted by Crippen LogP contribution is -2.15. The summed E-state index contributed by atoms with van der Waals surface area (Å²) in [5.41, 5.74) is 5.00. The highest BCUT2D eigenvalue weighted by Crippen LogP contribution is 2.45. The second-order valence-corrected chi connectivity index (χ2v) is 4.27. The van der Waals surface area contributed by atoms with Gasteiger partial charge in [-0.05, 0) is 42.7 Å². The van der Waals surface area contributed by atoms with E-state index in [1.807, 2.05) is 6.08 Å². The van der Waals surface area contributed by atoms with E-state index < -0.39 is 6.80 Å². The van der Waals surface area contributed by atoms with Gasteiger partial charge in [-0.2, -0.15) is 0 Å². The molecule has 0 aromatic carbocycles. The van der Waals surface area contributed by atoms with Gasteiger partial charge < -0.3 is 0 Å². The zero-order chi connectivity index (χ0) is 12.0. The molecule has 88 valence electrons. The van der Waals surface area contributed by atoms with Crippen molar-refractivity contribution in [3.63, 3.8) is 0 Å². The molecule has 2 heteroatoms. The fourth-order valence-electron chi connectivity index (χ4n) is 1.91. The molecule has 1 aliphatic carbocycles. The van der Waals surface area contributed by atoms with Crippen LogP contribution >= 0.6 is 0 Å². The van der Waals surface area contributed by atoms with Crippen LogP contribution < -0.4 is 5.32 Å². The van der Waals surface area contributed by atoms with E-state index in [-0.39, 0.29) is 0 Å². The molecule has 0 aromatic heterocycles. The maximum absolute atomic E-state index is 11.9. The topological polar surface area (TPSA) is 12.0 Å². The van der Waals surface area contributed by atoms with Crippen LogP contribution in [0.2, 0.25) is 0 Å². The first-order chi connectivity index (χ1) is 7.70. The predicted molar refractivity (Wildman–Crippen MR) is 66.8 cm³/mol. The van der Waals surface area contributed by atoms with Crippen molar-refractivity contribution in [1.29, 1.82) is 0 Å². The number of alkyl halides is 1. The van der Waals surface area contributed by atoms with Crippen molar-refractivity contribution in [3.8, 4) is 0 Å². The van der Waals surface area contributed by atoms with Gasteiger partial charge in [0.15, 0.2) is 0 Å². The van der Waals surface area contributed by atoms with E-state index in [2.05, 4.69) is 30.8 Å². The van der Waals surface area contributed by atoms with Crippen molar-refractivity contribution in [2.75, 3.05) is 13.3 Å². The van der Waals surface area contributed by atoms with Crippen molar-refractivity contribution in [3.05, 3.63) is 42.7 Å². The van der Waals surface area contributed by atoms with Crippen LogP contribution in [0.25, 0.3) is 0 Å². The normalized spacial score (nSPS) is 22.3. The lowest BCUT2D eigenvalue weighted by Gasteiger charge is -2.07. The van der Waals surface area contributed by atoms with E-state index in [1.54, 1.807) is 0 Å². The van der Waals surface area contributed by atoms with E-state index in [4.69, 9.17) is 0 Å². The highest BCUT2D eigenvalue weighted by molar-refractivity contribution is 5.32. The molecule has 2 atom stereocenters. The summed E-state index contributed by atoms with van der Waals surface area (Å²) in [5.74, 6) is 1.06. The number of allylic oxidation sites excluding steroid dienone is 3. The molecule has 0 radical (unpaired) electrons. The van der Waals surface area contributed by atoms with E-state index in [9.17, 15) is 4.39 Å². The second-order valence-electron chi connectivity index (χ2n) is 4.27. The molecule has 0 saturated heterocycles. The molecule has 0 bridgehead atoms. The molecule has 1 saturated carbocycles. The Balaban J connectivity index is 2.25. The predicted octanol–water partition coefficient (Wildman–Crippen LogP) is 3.37. The van der Waals surface area contributed by atoms with Crippen LogP contribution in [-0.4, -0.2) is 13.3 Å². The second kappa shape index (κ2) is 6.47. The van der Waals surface area contributed by atoms with Crippen LogP contribution in [0.15, 0.2) is 42.7 Å². The molecule has 1 N–H and O–H groups in total. The summed E-state index contributed by atoms with van der Waals surface area (Å²) in [6.45, 7) is 11.9. The quantitative estimate of drug-likeness (QED) is 0.376. The molecule has 2 unspecified atom stereocenters. The lowest BCUT2D eigenvalue weighted by atomic mass is 9.99. The van der Waals surface area contributed by atoms with Gasteiger partial charge in [-0.15, -0.1) is 5.73 Å². The standard InChI is InChI=1S/C14H20FN/c1-4-5-6-7-11(2)12(3)14-8-13(14)9-16-10-15/h5,13-14,16H,1-3,6-10H2. The van der Waals surface area contributed by atoms with E-state index in [0.717, 1.165) is 37.0 Å². The summed E-state index contributed by atoms with van der Waals surface area (Å²) < 4.78 is 11.9. The number of halogens is 1. The maximum Gasteiger partial charge on any atom is 0.140 e. The SMILES string of the molecule is C=C=CCCC(=C)C(=C)C1CC1CNCF. The monoisotopic (exact) mass is 221 g/mol. The average Bonchev–Trinajstić information content (AvgIpc) is 3.05. The Morgan fingerprint density at radius 2 is 2.25 bits per heavy atom. The van der Waals surface area contributed by atoms with Gasteiger partial charge in [-0.3, -0.25) is 5.32 Å². The van der Waals surface area contributed by atoms with Gasteiger partial charge in [-0.1, -0.05) is 25.3 Å². The van der Waals surface area contributed by atoms with Gasteiger partial charge in [0.25, 0.3) is 0 Å². The van der Waals surface area contributed by atoms with Crippen molar-refractivity contribution in [2.24, 2.45) is 11.8 Å². The highest BCUT2D eigenvalue weighted by Gasteiger charge is 2.38. The summed E-state index contributed by atoms with van der Waals surface area (Å²) in [7, 11) is 0. The maximum atomic E-state index is 11.9. The number of nitrogens with one attached hydrogen (secondary N) is 1. The van der Waals surface area contributed by atoms with Gasteiger partial charge in [0, 0.05) is 6.54 Å². The summed E-state index contributed by atoms with van der Waals surface area (Å²) in [4.78, 5) is 0. The largest absolute Gasteiger partial charge is 0.290 e. The fourth-order valence-corrected chi connectivity index (χ4v) is 1.91. The third kappa shape index (κ3) is 3.80. The Labute approximate surface area is 97.4 Å². The average molecular weight is 221 g/mol. The minimum Gasteiger partial charge on any atom is -0.290 e. The van der Waals surface area contributed by atoms with Gasteiger partial charge in [-0.25, -0.2) is 4.39 Å². The number of rotatable bonds is 8. The van der Waals surface area contributed by atoms with Gasteiger partial charge in [0.1, 0.15) is 6.80 Å². The first-order valence-electron chi connectivity index (χ1n) is 5.68. The molecule has 1 rings (SSSR count). The lowest BCUT2D eigenvalue weighted by molar-refractivity contribution is 0.416. The highest BCUT2D eigenvalue weighted by atomic mass is 19.1. The minimum absolute atomic E-state index is 0.444. The molecule has 0 aromatic rings. The summed E-state index contributed by atoms with van der Waals surface area (Å²) in [6, 6.07) is 0. The third-order valence-electron chi connectivity index (χ3n) is 3.06. The fraction of sp³-hybridized carbons (Fsp3) is 0.500. The van der Waals surface area contributed by atoms with Crippen LogP contribution in [0.4, 0.5) is 4.39 Å². The minimum atomic E-state index is -0.444. The van der Waals surface area contributed by atoms with Crippen LogP contribution in [0.1, 0.15) is 19.3 Å². The van der Waals surface area contributed by atoms with E-state index in [0.29, 0.717) is 11.8 Å². The van der Waals surface area contributed by atoms with Crippen LogP contribution in [-0.2, 0) is 0 Å². The Hall–Kier alpha value is -1.11. The smallest absolute Gasteiger partial charge is 0.140 e. The molecular formula is C14H20FN. The first kappa shape index (κ1) is 13.0. The van der Waals surface area contributed by atoms with Crippen LogP contribution in [0.3, 0.4) is 0 Å². The Bertz CT molecular complexity index is 313. The summed E-state index contributed by atoms with van der Waals surface area (Å²) in [6.07, 6.45) is 4.86. The summed E-state index contributed by atoms with van der Waals surface area (Å²) >= 11 is 0. The molecular weight excluding hydrogens is 201 g/mol. The van der Waals surface area contributed by atoms with Crippen LogP contribution in [0, 0.1) is 11.8 Å². The van der Waals surface area contributed by atoms with E-state index >= 15 is 0 Å². The van der Waals surface area contributed by atoms with Crippen molar-refractivity contribution in [2.45, 2.75) is 19.3 Å². The molecule has 0 aliphatic heterocycles. The Kier molecular flexibility index (Phi) is 5.24. The van der Waals surface area contributed by atoms with Gasteiger partial charge >= 0.3 is 0 Å². The molecule has 1 aliphatic rings. The van der Waals surface area contributed by atoms with Gasteiger partial charge in [0.2, 0.25) is 0 Å². The molecule has 16 heavy (non-hydrogen) atoms. The molecule has 0 amide bonds. The van der Waals surface area contributed by atoms with Crippen molar-refractivity contribution < 1.29 is 4.39 Å². The number of hydrogen-bond acceptors (Lipinski definition) is 1. The zero-order valence-corrected chi connectivity index (χ0v) is 9.77. The molecule has 0 spiro atoms. The zero-order valence-electron chi connectivity index (χ0n) is 9.77.